The van der Waals surface area contributed by atoms with E-state index in [1.807, 2.05) is 0 Å². The number of thiocarbonyl (C=S) groups is 1. The SMILES string of the molecule is COC(=O)/C(=N\NC(=S)NN)[C@@H](C(=O)C(=O)Nc1ccccc1C(N)=O)c1nc2ccccc2[nH]c1=O. The van der Waals surface area contributed by atoms with E-state index in [1.54, 1.807) is 24.3 Å². The Morgan fingerprint density at radius 2 is 1.78 bits per heavy atom. The van der Waals surface area contributed by atoms with Gasteiger partial charge in [0, 0.05) is 0 Å². The van der Waals surface area contributed by atoms with Crippen LogP contribution in [0.25, 0.3) is 11.0 Å². The summed E-state index contributed by atoms with van der Waals surface area (Å²) in [5, 5.41) is 5.77. The molecule has 3 aromatic rings. The number of anilines is 1. The summed E-state index contributed by atoms with van der Waals surface area (Å²) in [6, 6.07) is 12.1. The number of benzene rings is 2. The summed E-state index contributed by atoms with van der Waals surface area (Å²) in [5.74, 6) is -1.44. The van der Waals surface area contributed by atoms with Crippen molar-refractivity contribution in [1.29, 1.82) is 0 Å². The first-order valence-electron chi connectivity index (χ1n) is 10.3. The average Bonchev–Trinajstić information content (AvgIpc) is 2.90. The molecule has 0 saturated heterocycles. The molecule has 0 unspecified atom stereocenters. The van der Waals surface area contributed by atoms with Crippen LogP contribution in [0.15, 0.2) is 58.4 Å². The third kappa shape index (κ3) is 5.98. The normalized spacial score (nSPS) is 11.8. The van der Waals surface area contributed by atoms with E-state index in [0.717, 1.165) is 7.11 Å². The Kier molecular flexibility index (Phi) is 8.34. The Balaban J connectivity index is 2.17. The maximum Gasteiger partial charge on any atom is 0.355 e. The molecule has 2 amide bonds. The zero-order chi connectivity index (χ0) is 27.1. The molecule has 0 saturated carbocycles. The van der Waals surface area contributed by atoms with Crippen LogP contribution in [0.1, 0.15) is 22.0 Å². The number of para-hydroxylation sites is 3. The molecule has 0 fully saturated rings. The number of nitrogens with one attached hydrogen (secondary N) is 4. The second-order valence-corrected chi connectivity index (χ2v) is 7.61. The lowest BCUT2D eigenvalue weighted by Crippen LogP contribution is -2.42. The number of nitrogens with two attached hydrogens (primary N) is 2. The predicted octanol–water partition coefficient (Wildman–Crippen LogP) is -0.820. The van der Waals surface area contributed by atoms with Crippen molar-refractivity contribution in [3.8, 4) is 0 Å². The quantitative estimate of drug-likeness (QED) is 0.0533. The topological polar surface area (TPSA) is 224 Å². The average molecular weight is 525 g/mol. The number of hydrazine groups is 1. The summed E-state index contributed by atoms with van der Waals surface area (Å²) >= 11 is 4.83. The number of H-pyrrole nitrogens is 1. The molecule has 37 heavy (non-hydrogen) atoms. The van der Waals surface area contributed by atoms with Crippen molar-refractivity contribution in [1.82, 2.24) is 20.8 Å². The maximum absolute atomic E-state index is 13.5. The van der Waals surface area contributed by atoms with Crippen LogP contribution < -0.4 is 33.3 Å². The van der Waals surface area contributed by atoms with Gasteiger partial charge in [0.25, 0.3) is 17.4 Å². The molecule has 190 valence electrons. The number of aromatic amines is 1. The number of nitrogens with zero attached hydrogens (tertiary/aromatic N) is 2. The fourth-order valence-corrected chi connectivity index (χ4v) is 3.26. The Bertz CT molecular complexity index is 1500. The van der Waals surface area contributed by atoms with Crippen molar-refractivity contribution < 1.29 is 23.9 Å². The molecule has 1 heterocycles. The van der Waals surface area contributed by atoms with Crippen molar-refractivity contribution in [2.24, 2.45) is 16.7 Å². The van der Waals surface area contributed by atoms with Gasteiger partial charge in [-0.25, -0.2) is 15.6 Å². The summed E-state index contributed by atoms with van der Waals surface area (Å²) in [6.45, 7) is 0. The fourth-order valence-electron chi connectivity index (χ4n) is 3.22. The van der Waals surface area contributed by atoms with Gasteiger partial charge in [-0.2, -0.15) is 5.10 Å². The van der Waals surface area contributed by atoms with Crippen LogP contribution in [0.2, 0.25) is 0 Å². The molecule has 0 aliphatic heterocycles. The zero-order valence-corrected chi connectivity index (χ0v) is 19.9. The number of ether oxygens (including phenoxy) is 1. The Morgan fingerprint density at radius 3 is 2.46 bits per heavy atom. The number of primary amides is 1. The first kappa shape index (κ1) is 26.6. The van der Waals surface area contributed by atoms with Gasteiger partial charge in [0.1, 0.15) is 11.6 Å². The van der Waals surface area contributed by atoms with Crippen molar-refractivity contribution >= 4 is 63.3 Å². The first-order chi connectivity index (χ1) is 17.7. The van der Waals surface area contributed by atoms with Crippen molar-refractivity contribution in [2.45, 2.75) is 5.92 Å². The van der Waals surface area contributed by atoms with Gasteiger partial charge in [-0.1, -0.05) is 24.3 Å². The highest BCUT2D eigenvalue weighted by atomic mass is 32.1. The number of ketones is 1. The highest BCUT2D eigenvalue weighted by Gasteiger charge is 2.39. The summed E-state index contributed by atoms with van der Waals surface area (Å²) in [6.07, 6.45) is 0. The number of amides is 2. The van der Waals surface area contributed by atoms with E-state index in [4.69, 9.17) is 28.5 Å². The van der Waals surface area contributed by atoms with Crippen molar-refractivity contribution in [2.75, 3.05) is 12.4 Å². The van der Waals surface area contributed by atoms with Crippen molar-refractivity contribution in [3.63, 3.8) is 0 Å². The van der Waals surface area contributed by atoms with E-state index in [-0.39, 0.29) is 21.9 Å². The summed E-state index contributed by atoms with van der Waals surface area (Å²) < 4.78 is 4.72. The van der Waals surface area contributed by atoms with Gasteiger partial charge in [0.05, 0.1) is 29.4 Å². The zero-order valence-electron chi connectivity index (χ0n) is 19.1. The highest BCUT2D eigenvalue weighted by Crippen LogP contribution is 2.20. The number of carbonyl (C=O) groups is 4. The minimum absolute atomic E-state index is 0.0735. The molecule has 2 aromatic carbocycles. The molecule has 1 aromatic heterocycles. The van der Waals surface area contributed by atoms with E-state index in [1.165, 1.54) is 24.3 Å². The van der Waals surface area contributed by atoms with Crippen LogP contribution in [0.5, 0.6) is 0 Å². The smallest absolute Gasteiger partial charge is 0.355 e. The lowest BCUT2D eigenvalue weighted by atomic mass is 9.93. The van der Waals surface area contributed by atoms with Gasteiger partial charge in [-0.05, 0) is 36.5 Å². The molecule has 14 nitrogen and oxygen atoms in total. The molecule has 3 rings (SSSR count). The molecule has 8 N–H and O–H groups in total. The molecule has 0 bridgehead atoms. The Hall–Kier alpha value is -5.02. The third-order valence-electron chi connectivity index (χ3n) is 4.90. The van der Waals surface area contributed by atoms with Crippen LogP contribution in [0.4, 0.5) is 5.69 Å². The minimum Gasteiger partial charge on any atom is -0.464 e. The monoisotopic (exact) mass is 524 g/mol. The van der Waals surface area contributed by atoms with Gasteiger partial charge in [0.2, 0.25) is 10.9 Å². The second-order valence-electron chi connectivity index (χ2n) is 7.20. The number of hydrazone groups is 1. The standard InChI is InChI=1S/C22H20N8O6S/c1-36-21(35)16(29-30-22(37)28-24)14(15-19(33)27-13-9-5-4-8-12(13)25-15)17(31)20(34)26-11-7-3-2-6-10(11)18(23)32/h2-9,14H,24H2,1H3,(H2,23,32)(H,26,34)(H,27,33)(H2,28,30,37)/b29-16-/t14-/m0/s1. The lowest BCUT2D eigenvalue weighted by molar-refractivity contribution is -0.136. The highest BCUT2D eigenvalue weighted by molar-refractivity contribution is 7.80. The largest absolute Gasteiger partial charge is 0.464 e. The molecule has 0 spiro atoms. The number of esters is 1. The minimum atomic E-state index is -1.96. The number of rotatable bonds is 8. The van der Waals surface area contributed by atoms with Crippen LogP contribution >= 0.6 is 12.2 Å². The molecule has 0 radical (unpaired) electrons. The number of Topliss-reactive ketones (excluding diaryl/α,β-unsaturated/α-hetero) is 1. The van der Waals surface area contributed by atoms with Gasteiger partial charge in [0.15, 0.2) is 5.71 Å². The lowest BCUT2D eigenvalue weighted by Gasteiger charge is -2.17. The number of carbonyl (C=O) groups excluding carboxylic acids is 4. The molecule has 15 heteroatoms. The summed E-state index contributed by atoms with van der Waals surface area (Å²) in [5.41, 5.74) is 7.92. The fraction of sp³-hybridized carbons (Fsp3) is 0.0909. The van der Waals surface area contributed by atoms with Crippen LogP contribution in [0, 0.1) is 0 Å². The number of hydrogen-bond acceptors (Lipinski definition) is 10. The van der Waals surface area contributed by atoms with Gasteiger partial charge in [-0.15, -0.1) is 0 Å². The van der Waals surface area contributed by atoms with Gasteiger partial charge in [-0.3, -0.25) is 30.0 Å². The second kappa shape index (κ2) is 11.6. The molecule has 1 atom stereocenters. The van der Waals surface area contributed by atoms with E-state index >= 15 is 0 Å². The number of hydrogen-bond donors (Lipinski definition) is 6. The van der Waals surface area contributed by atoms with Gasteiger partial charge < -0.3 is 20.8 Å². The number of aromatic nitrogens is 2. The van der Waals surface area contributed by atoms with Crippen LogP contribution in [-0.2, 0) is 19.1 Å². The van der Waals surface area contributed by atoms with Crippen LogP contribution in [-0.4, -0.2) is 51.5 Å². The molecule has 0 aliphatic carbocycles. The number of fused-ring (bicyclic) bond motifs is 1. The maximum atomic E-state index is 13.5. The van der Waals surface area contributed by atoms with Crippen molar-refractivity contribution in [3.05, 3.63) is 70.1 Å². The first-order valence-corrected chi connectivity index (χ1v) is 10.7. The van der Waals surface area contributed by atoms with E-state index in [0.29, 0.717) is 5.52 Å². The summed E-state index contributed by atoms with van der Waals surface area (Å²) in [4.78, 5) is 70.6. The molecular formula is C22H20N8O6S. The van der Waals surface area contributed by atoms with Gasteiger partial charge >= 0.3 is 5.97 Å². The third-order valence-corrected chi connectivity index (χ3v) is 5.11. The van der Waals surface area contributed by atoms with E-state index in [2.05, 4.69) is 31.2 Å². The van der Waals surface area contributed by atoms with E-state index < -0.39 is 46.4 Å². The summed E-state index contributed by atoms with van der Waals surface area (Å²) in [7, 11) is 1.00. The van der Waals surface area contributed by atoms with E-state index in [9.17, 15) is 24.0 Å². The molecule has 0 aliphatic rings. The predicted molar refractivity (Wildman–Crippen MR) is 136 cm³/mol. The molecular weight excluding hydrogens is 504 g/mol. The van der Waals surface area contributed by atoms with Crippen LogP contribution in [0.3, 0.4) is 0 Å². The number of methoxy groups -OCH3 is 1. The Labute approximate surface area is 213 Å². The Morgan fingerprint density at radius 1 is 1.11 bits per heavy atom.